The lowest BCUT2D eigenvalue weighted by Crippen LogP contribution is -2.52. The Bertz CT molecular complexity index is 478. The quantitative estimate of drug-likeness (QED) is 0.639. The van der Waals surface area contributed by atoms with E-state index in [1.165, 1.54) is 24.3 Å². The van der Waals surface area contributed by atoms with Gasteiger partial charge >= 0.3 is 0 Å². The predicted octanol–water partition coefficient (Wildman–Crippen LogP) is 1.47. The normalized spacial score (nSPS) is 17.7. The minimum absolute atomic E-state index is 0.00960. The average molecular weight is 263 g/mol. The maximum atomic E-state index is 12.1. The lowest BCUT2D eigenvalue weighted by Gasteiger charge is -2.35. The average Bonchev–Trinajstić information content (AvgIpc) is 2.39. The summed E-state index contributed by atoms with van der Waals surface area (Å²) in [4.78, 5) is 22.2. The van der Waals surface area contributed by atoms with Gasteiger partial charge in [0, 0.05) is 23.2 Å². The van der Waals surface area contributed by atoms with Crippen LogP contribution in [0.25, 0.3) is 0 Å². The molecular formula is C13H17N3O3. The number of nitro groups is 1. The van der Waals surface area contributed by atoms with Gasteiger partial charge in [0.05, 0.1) is 4.92 Å². The second-order valence-electron chi connectivity index (χ2n) is 5.07. The first-order chi connectivity index (χ1) is 9.00. The standard InChI is InChI=1S/C13H17N3O3/c1-13(6-8-14-9-7-13)15-12(17)10-2-4-11(5-3-10)16(18)19/h2-5,14H,6-9H2,1H3,(H,15,17). The Balaban J connectivity index is 2.05. The zero-order valence-electron chi connectivity index (χ0n) is 10.8. The molecular weight excluding hydrogens is 246 g/mol. The number of nitrogens with one attached hydrogen (secondary N) is 2. The Hall–Kier alpha value is -1.95. The van der Waals surface area contributed by atoms with Crippen molar-refractivity contribution < 1.29 is 9.72 Å². The van der Waals surface area contributed by atoms with Gasteiger partial charge in [-0.05, 0) is 45.0 Å². The molecule has 6 nitrogen and oxygen atoms in total. The van der Waals surface area contributed by atoms with Gasteiger partial charge in [0.25, 0.3) is 11.6 Å². The van der Waals surface area contributed by atoms with E-state index in [2.05, 4.69) is 10.6 Å². The fourth-order valence-corrected chi connectivity index (χ4v) is 2.18. The lowest BCUT2D eigenvalue weighted by molar-refractivity contribution is -0.384. The minimum Gasteiger partial charge on any atom is -0.347 e. The van der Waals surface area contributed by atoms with E-state index in [1.807, 2.05) is 6.92 Å². The first kappa shape index (κ1) is 13.5. The molecule has 0 aromatic heterocycles. The van der Waals surface area contributed by atoms with Crippen molar-refractivity contribution in [1.82, 2.24) is 10.6 Å². The summed E-state index contributed by atoms with van der Waals surface area (Å²) in [6.07, 6.45) is 1.76. The molecule has 0 saturated carbocycles. The lowest BCUT2D eigenvalue weighted by atomic mass is 9.90. The molecule has 1 saturated heterocycles. The first-order valence-corrected chi connectivity index (χ1v) is 6.28. The van der Waals surface area contributed by atoms with Crippen LogP contribution in [0.15, 0.2) is 24.3 Å². The number of nitrogens with zero attached hydrogens (tertiary/aromatic N) is 1. The third-order valence-corrected chi connectivity index (χ3v) is 3.46. The van der Waals surface area contributed by atoms with Crippen LogP contribution < -0.4 is 10.6 Å². The molecule has 0 spiro atoms. The van der Waals surface area contributed by atoms with E-state index in [1.54, 1.807) is 0 Å². The number of benzene rings is 1. The molecule has 2 N–H and O–H groups in total. The van der Waals surface area contributed by atoms with Crippen LogP contribution in [0.1, 0.15) is 30.1 Å². The van der Waals surface area contributed by atoms with E-state index in [0.717, 1.165) is 25.9 Å². The van der Waals surface area contributed by atoms with Crippen molar-refractivity contribution >= 4 is 11.6 Å². The van der Waals surface area contributed by atoms with Gasteiger partial charge in [-0.15, -0.1) is 0 Å². The van der Waals surface area contributed by atoms with Crippen molar-refractivity contribution in [2.24, 2.45) is 0 Å². The van der Waals surface area contributed by atoms with Gasteiger partial charge in [-0.1, -0.05) is 0 Å². The highest BCUT2D eigenvalue weighted by Gasteiger charge is 2.28. The van der Waals surface area contributed by atoms with Crippen LogP contribution >= 0.6 is 0 Å². The topological polar surface area (TPSA) is 84.3 Å². The van der Waals surface area contributed by atoms with E-state index < -0.39 is 4.92 Å². The van der Waals surface area contributed by atoms with Gasteiger partial charge in [0.1, 0.15) is 0 Å². The summed E-state index contributed by atoms with van der Waals surface area (Å²) < 4.78 is 0. The zero-order valence-corrected chi connectivity index (χ0v) is 10.8. The van der Waals surface area contributed by atoms with Crippen LogP contribution in [0, 0.1) is 10.1 Å². The van der Waals surface area contributed by atoms with E-state index >= 15 is 0 Å². The third kappa shape index (κ3) is 3.29. The van der Waals surface area contributed by atoms with E-state index in [4.69, 9.17) is 0 Å². The van der Waals surface area contributed by atoms with Crippen molar-refractivity contribution in [3.8, 4) is 0 Å². The van der Waals surface area contributed by atoms with E-state index in [0.29, 0.717) is 5.56 Å². The second-order valence-corrected chi connectivity index (χ2v) is 5.07. The molecule has 1 amide bonds. The van der Waals surface area contributed by atoms with Crippen molar-refractivity contribution in [1.29, 1.82) is 0 Å². The molecule has 1 heterocycles. The van der Waals surface area contributed by atoms with Crippen molar-refractivity contribution in [3.63, 3.8) is 0 Å². The number of carbonyl (C=O) groups excluding carboxylic acids is 1. The van der Waals surface area contributed by atoms with Gasteiger partial charge < -0.3 is 10.6 Å². The summed E-state index contributed by atoms with van der Waals surface area (Å²) in [7, 11) is 0. The molecule has 0 aliphatic carbocycles. The number of rotatable bonds is 3. The zero-order chi connectivity index (χ0) is 13.9. The monoisotopic (exact) mass is 263 g/mol. The molecule has 102 valence electrons. The van der Waals surface area contributed by atoms with Crippen LogP contribution in [-0.2, 0) is 0 Å². The Morgan fingerprint density at radius 3 is 2.42 bits per heavy atom. The van der Waals surface area contributed by atoms with Gasteiger partial charge in [-0.3, -0.25) is 14.9 Å². The SMILES string of the molecule is CC1(NC(=O)c2ccc([N+](=O)[O-])cc2)CCNCC1. The molecule has 2 rings (SSSR count). The summed E-state index contributed by atoms with van der Waals surface area (Å²) in [6, 6.07) is 5.66. The van der Waals surface area contributed by atoms with Crippen LogP contribution in [0.5, 0.6) is 0 Å². The van der Waals surface area contributed by atoms with Gasteiger partial charge in [-0.2, -0.15) is 0 Å². The molecule has 1 aliphatic heterocycles. The van der Waals surface area contributed by atoms with Gasteiger partial charge in [0.2, 0.25) is 0 Å². The second kappa shape index (κ2) is 5.36. The van der Waals surface area contributed by atoms with Crippen LogP contribution in [0.2, 0.25) is 0 Å². The Kier molecular flexibility index (Phi) is 3.80. The molecule has 1 fully saturated rings. The highest BCUT2D eigenvalue weighted by atomic mass is 16.6. The number of hydrogen-bond donors (Lipinski definition) is 2. The van der Waals surface area contributed by atoms with Crippen LogP contribution in [0.3, 0.4) is 0 Å². The molecule has 0 radical (unpaired) electrons. The summed E-state index contributed by atoms with van der Waals surface area (Å²) in [5.74, 6) is -0.181. The predicted molar refractivity (Wildman–Crippen MR) is 71.1 cm³/mol. The highest BCUT2D eigenvalue weighted by molar-refractivity contribution is 5.94. The van der Waals surface area contributed by atoms with Crippen molar-refractivity contribution in [2.45, 2.75) is 25.3 Å². The fraction of sp³-hybridized carbons (Fsp3) is 0.462. The summed E-state index contributed by atoms with van der Waals surface area (Å²) in [5, 5.41) is 16.8. The molecule has 1 aliphatic rings. The Morgan fingerprint density at radius 2 is 1.89 bits per heavy atom. The number of piperidine rings is 1. The number of non-ortho nitro benzene ring substituents is 1. The van der Waals surface area contributed by atoms with Crippen molar-refractivity contribution in [3.05, 3.63) is 39.9 Å². The van der Waals surface area contributed by atoms with Crippen LogP contribution in [-0.4, -0.2) is 29.5 Å². The van der Waals surface area contributed by atoms with E-state index in [-0.39, 0.29) is 17.1 Å². The molecule has 0 unspecified atom stereocenters. The summed E-state index contributed by atoms with van der Waals surface area (Å²) >= 11 is 0. The van der Waals surface area contributed by atoms with Crippen molar-refractivity contribution in [2.75, 3.05) is 13.1 Å². The molecule has 0 atom stereocenters. The highest BCUT2D eigenvalue weighted by Crippen LogP contribution is 2.18. The minimum atomic E-state index is -0.476. The smallest absolute Gasteiger partial charge is 0.269 e. The number of hydrogen-bond acceptors (Lipinski definition) is 4. The molecule has 6 heteroatoms. The maximum Gasteiger partial charge on any atom is 0.269 e. The molecule has 19 heavy (non-hydrogen) atoms. The maximum absolute atomic E-state index is 12.1. The largest absolute Gasteiger partial charge is 0.347 e. The van der Waals surface area contributed by atoms with E-state index in [9.17, 15) is 14.9 Å². The molecule has 1 aromatic carbocycles. The molecule has 1 aromatic rings. The first-order valence-electron chi connectivity index (χ1n) is 6.28. The Morgan fingerprint density at radius 1 is 1.32 bits per heavy atom. The number of nitro benzene ring substituents is 1. The molecule has 0 bridgehead atoms. The van der Waals surface area contributed by atoms with Gasteiger partial charge in [-0.25, -0.2) is 0 Å². The summed E-state index contributed by atoms with van der Waals surface area (Å²) in [6.45, 7) is 3.80. The number of carbonyl (C=O) groups is 1. The van der Waals surface area contributed by atoms with Crippen LogP contribution in [0.4, 0.5) is 5.69 Å². The third-order valence-electron chi connectivity index (χ3n) is 3.46. The number of amides is 1. The van der Waals surface area contributed by atoms with Gasteiger partial charge in [0.15, 0.2) is 0 Å². The Labute approximate surface area is 111 Å². The summed E-state index contributed by atoms with van der Waals surface area (Å²) in [5.41, 5.74) is 0.236. The fourth-order valence-electron chi connectivity index (χ4n) is 2.18.